The van der Waals surface area contributed by atoms with Gasteiger partial charge < -0.3 is 29.5 Å². The van der Waals surface area contributed by atoms with Gasteiger partial charge in [-0.2, -0.15) is 9.42 Å². The first-order chi connectivity index (χ1) is 26.9. The summed E-state index contributed by atoms with van der Waals surface area (Å²) in [6.45, 7) is 5.53. The van der Waals surface area contributed by atoms with E-state index in [2.05, 4.69) is 25.3 Å². The van der Waals surface area contributed by atoms with Gasteiger partial charge in [0.05, 0.1) is 25.9 Å². The first-order valence-corrected chi connectivity index (χ1v) is 21.2. The van der Waals surface area contributed by atoms with Gasteiger partial charge in [0, 0.05) is 45.0 Å². The van der Waals surface area contributed by atoms with Crippen molar-refractivity contribution in [2.45, 2.75) is 74.9 Å². The number of aliphatic imine (C=N–C) groups is 1. The molecule has 0 radical (unpaired) electrons. The number of nitrogens with zero attached hydrogens (tertiary/aromatic N) is 5. The molecule has 2 aliphatic heterocycles. The van der Waals surface area contributed by atoms with Crippen LogP contribution in [0.5, 0.6) is 11.5 Å². The maximum Gasteiger partial charge on any atom is 0.407 e. The number of alkyl carbamates (subject to hydrolysis) is 1. The minimum absolute atomic E-state index is 0.0827. The molecule has 2 heterocycles. The third kappa shape index (κ3) is 11.0. The fraction of sp³-hybridized carbons (Fsp3) is 0.474. The number of amides is 1. The van der Waals surface area contributed by atoms with Gasteiger partial charge in [-0.05, 0) is 80.6 Å². The van der Waals surface area contributed by atoms with Crippen LogP contribution >= 0.6 is 0 Å². The first kappa shape index (κ1) is 43.4. The number of hydrogen-bond donors (Lipinski definition) is 3. The molecule has 1 amide bonds. The summed E-state index contributed by atoms with van der Waals surface area (Å²) in [7, 11) is -6.61. The topological polar surface area (TPSA) is 201 Å². The number of aliphatic hydroxyl groups excluding tert-OH is 1. The van der Waals surface area contributed by atoms with E-state index in [0.717, 1.165) is 10.4 Å². The number of carbonyl (C=O) groups excluding carboxylic acids is 1. The van der Waals surface area contributed by atoms with Crippen LogP contribution in [0.15, 0.2) is 85.7 Å². The molecule has 0 aromatic heterocycles. The molecule has 1 fully saturated rings. The van der Waals surface area contributed by atoms with Crippen molar-refractivity contribution in [3.63, 3.8) is 0 Å². The highest BCUT2D eigenvalue weighted by molar-refractivity contribution is 7.92. The molecule has 16 nitrogen and oxygen atoms in total. The number of amidine groups is 1. The standard InChI is InChI=1S/C38H50FN7O9S2/c1-25-17-18-45(23-31(25)39)32-15-16-33(56(49,50)43-20-28(47)19-40-37(48)55-38(2,3)4)35(34(32)36-41-24-42-44-36)57(51,52)46(21-26-7-11-29(53-5)12-8-26)22-27-9-13-30(54-6)14-10-27/h7-16,25,28,31,43,47H,17-24H2,1-6H3,(H,40,48)/t25-,28-,31+/m1/s1. The van der Waals surface area contributed by atoms with Gasteiger partial charge in [0.25, 0.3) is 0 Å². The Hall–Kier alpha value is -4.69. The van der Waals surface area contributed by atoms with Crippen LogP contribution in [0, 0.1) is 5.92 Å². The van der Waals surface area contributed by atoms with Crippen molar-refractivity contribution in [3.05, 3.63) is 77.4 Å². The Morgan fingerprint density at radius 3 is 2.07 bits per heavy atom. The molecule has 2 aliphatic rings. The number of hydrogen-bond acceptors (Lipinski definition) is 13. The molecule has 3 aromatic carbocycles. The third-order valence-corrected chi connectivity index (χ3v) is 12.8. The van der Waals surface area contributed by atoms with E-state index >= 15 is 12.8 Å². The van der Waals surface area contributed by atoms with Gasteiger partial charge in [0.2, 0.25) is 20.0 Å². The fourth-order valence-electron chi connectivity index (χ4n) is 6.19. The van der Waals surface area contributed by atoms with Gasteiger partial charge in [-0.3, -0.25) is 0 Å². The van der Waals surface area contributed by atoms with Crippen LogP contribution in [0.2, 0.25) is 0 Å². The lowest BCUT2D eigenvalue weighted by molar-refractivity contribution is 0.0494. The van der Waals surface area contributed by atoms with E-state index in [1.165, 1.54) is 20.3 Å². The average molecular weight is 832 g/mol. The molecule has 0 unspecified atom stereocenters. The highest BCUT2D eigenvalue weighted by atomic mass is 32.2. The monoisotopic (exact) mass is 831 g/mol. The summed E-state index contributed by atoms with van der Waals surface area (Å²) in [6.07, 6.45) is -3.05. The lowest BCUT2D eigenvalue weighted by Crippen LogP contribution is -2.43. The second kappa shape index (κ2) is 18.3. The molecule has 3 N–H and O–H groups in total. The van der Waals surface area contributed by atoms with Crippen molar-refractivity contribution in [3.8, 4) is 11.5 Å². The third-order valence-electron chi connectivity index (χ3n) is 9.29. The normalized spacial score (nSPS) is 18.0. The predicted molar refractivity (Wildman–Crippen MR) is 211 cm³/mol. The van der Waals surface area contributed by atoms with Crippen molar-refractivity contribution < 1.29 is 45.3 Å². The summed E-state index contributed by atoms with van der Waals surface area (Å²) in [5.41, 5.74) is 0.394. The Balaban J connectivity index is 1.65. The van der Waals surface area contributed by atoms with Gasteiger partial charge in [0.1, 0.15) is 33.1 Å². The van der Waals surface area contributed by atoms with Gasteiger partial charge in [-0.15, -0.1) is 5.11 Å². The van der Waals surface area contributed by atoms with E-state index in [4.69, 9.17) is 14.2 Å². The molecule has 0 spiro atoms. The van der Waals surface area contributed by atoms with Crippen molar-refractivity contribution in [2.24, 2.45) is 21.1 Å². The Bertz CT molecular complexity index is 2110. The lowest BCUT2D eigenvalue weighted by atomic mass is 9.96. The number of anilines is 1. The molecule has 0 saturated carbocycles. The quantitative estimate of drug-likeness (QED) is 0.183. The molecule has 1 saturated heterocycles. The van der Waals surface area contributed by atoms with Crippen molar-refractivity contribution in [1.82, 2.24) is 14.3 Å². The number of azo groups is 1. The van der Waals surface area contributed by atoms with E-state index in [0.29, 0.717) is 35.6 Å². The molecule has 3 atom stereocenters. The smallest absolute Gasteiger partial charge is 0.407 e. The number of aliphatic hydroxyl groups is 1. The van der Waals surface area contributed by atoms with Crippen LogP contribution in [-0.4, -0.2) is 103 Å². The number of sulfonamides is 2. The van der Waals surface area contributed by atoms with Crippen molar-refractivity contribution >= 4 is 37.7 Å². The highest BCUT2D eigenvalue weighted by Crippen LogP contribution is 2.39. The average Bonchev–Trinajstić information content (AvgIpc) is 3.71. The maximum atomic E-state index is 15.5. The summed E-state index contributed by atoms with van der Waals surface area (Å²) in [4.78, 5) is 16.9. The highest BCUT2D eigenvalue weighted by Gasteiger charge is 2.40. The van der Waals surface area contributed by atoms with Gasteiger partial charge in [0.15, 0.2) is 12.5 Å². The van der Waals surface area contributed by atoms with Crippen LogP contribution in [-0.2, 0) is 37.9 Å². The Kier molecular flexibility index (Phi) is 13.9. The number of benzene rings is 3. The largest absolute Gasteiger partial charge is 0.497 e. The number of alkyl halides is 1. The molecule has 310 valence electrons. The zero-order chi connectivity index (χ0) is 41.5. The minimum atomic E-state index is -4.86. The molecular formula is C38H50FN7O9S2. The summed E-state index contributed by atoms with van der Waals surface area (Å²) in [5, 5.41) is 21.2. The molecule has 0 bridgehead atoms. The SMILES string of the molecule is COc1ccc(CN(Cc2ccc(OC)cc2)S(=O)(=O)c2c(S(=O)(=O)NC[C@H](O)CNC(=O)OC(C)(C)C)ccc(N3CC[C@@H](C)[C@@H](F)C3)c2C2=NCN=N2)cc1. The maximum absolute atomic E-state index is 15.5. The van der Waals surface area contributed by atoms with Crippen LogP contribution in [0.25, 0.3) is 0 Å². The van der Waals surface area contributed by atoms with E-state index in [1.807, 2.05) is 0 Å². The second-order valence-corrected chi connectivity index (χ2v) is 18.3. The summed E-state index contributed by atoms with van der Waals surface area (Å²) in [6, 6.07) is 16.1. The number of halogens is 1. The molecule has 0 aliphatic carbocycles. The number of nitrogens with one attached hydrogen (secondary N) is 2. The van der Waals surface area contributed by atoms with Gasteiger partial charge >= 0.3 is 6.09 Å². The van der Waals surface area contributed by atoms with Gasteiger partial charge in [-0.1, -0.05) is 31.2 Å². The number of ether oxygens (including phenoxy) is 3. The summed E-state index contributed by atoms with van der Waals surface area (Å²) in [5.74, 6) is 0.715. The molecule has 5 rings (SSSR count). The minimum Gasteiger partial charge on any atom is -0.497 e. The number of methoxy groups -OCH3 is 2. The molecule has 19 heteroatoms. The number of piperidine rings is 1. The molecular weight excluding hydrogens is 782 g/mol. The van der Waals surface area contributed by atoms with Crippen molar-refractivity contribution in [2.75, 3.05) is 52.0 Å². The van der Waals surface area contributed by atoms with Crippen LogP contribution in [0.4, 0.5) is 14.9 Å². The van der Waals surface area contributed by atoms with E-state index in [-0.39, 0.29) is 55.9 Å². The summed E-state index contributed by atoms with van der Waals surface area (Å²) >= 11 is 0. The van der Waals surface area contributed by atoms with E-state index < -0.39 is 60.4 Å². The zero-order valence-electron chi connectivity index (χ0n) is 32.8. The van der Waals surface area contributed by atoms with Crippen LogP contribution in [0.3, 0.4) is 0 Å². The number of carbonyl (C=O) groups is 1. The molecule has 57 heavy (non-hydrogen) atoms. The van der Waals surface area contributed by atoms with Crippen molar-refractivity contribution in [1.29, 1.82) is 0 Å². The Morgan fingerprint density at radius 1 is 0.965 bits per heavy atom. The fourth-order valence-corrected chi connectivity index (χ4v) is 9.67. The predicted octanol–water partition coefficient (Wildman–Crippen LogP) is 4.61. The first-order valence-electron chi connectivity index (χ1n) is 18.3. The van der Waals surface area contributed by atoms with Gasteiger partial charge in [-0.25, -0.2) is 35.7 Å². The second-order valence-electron chi connectivity index (χ2n) is 14.7. The molecule has 3 aromatic rings. The number of rotatable bonds is 16. The van der Waals surface area contributed by atoms with Crippen LogP contribution < -0.4 is 24.4 Å². The summed E-state index contributed by atoms with van der Waals surface area (Å²) < 4.78 is 94.1. The van der Waals surface area contributed by atoms with E-state index in [1.54, 1.807) is 81.1 Å². The van der Waals surface area contributed by atoms with Crippen LogP contribution in [0.1, 0.15) is 50.8 Å². The zero-order valence-corrected chi connectivity index (χ0v) is 34.4. The Labute approximate surface area is 333 Å². The lowest BCUT2D eigenvalue weighted by Gasteiger charge is -2.36. The Morgan fingerprint density at radius 2 is 1.56 bits per heavy atom. The van der Waals surface area contributed by atoms with E-state index in [9.17, 15) is 18.3 Å².